The first-order valence-corrected chi connectivity index (χ1v) is 8.70. The van der Waals surface area contributed by atoms with E-state index in [1.54, 1.807) is 24.3 Å². The van der Waals surface area contributed by atoms with Crippen LogP contribution in [0.25, 0.3) is 0 Å². The number of benzene rings is 1. The van der Waals surface area contributed by atoms with Gasteiger partial charge in [0.25, 0.3) is 5.91 Å². The van der Waals surface area contributed by atoms with Crippen LogP contribution in [-0.4, -0.2) is 65.5 Å². The molecule has 1 aliphatic rings. The second-order valence-electron chi connectivity index (χ2n) is 6.22. The Bertz CT molecular complexity index is 826. The quantitative estimate of drug-likeness (QED) is 0.520. The third-order valence-electron chi connectivity index (χ3n) is 4.22. The molecule has 2 N–H and O–H groups in total. The van der Waals surface area contributed by atoms with Crippen molar-refractivity contribution in [2.45, 2.75) is 0 Å². The molecular weight excluding hydrogens is 366 g/mol. The molecule has 3 rings (SSSR count). The monoisotopic (exact) mass is 387 g/mol. The molecule has 2 heterocycles. The number of piperazine rings is 1. The number of ether oxygens (including phenoxy) is 1. The fourth-order valence-electron chi connectivity index (χ4n) is 2.71. The Hall–Kier alpha value is -3.47. The molecule has 1 aromatic heterocycles. The van der Waals surface area contributed by atoms with E-state index in [2.05, 4.69) is 25.7 Å². The summed E-state index contributed by atoms with van der Waals surface area (Å²) in [5, 5.41) is 11.6. The second kappa shape index (κ2) is 8.95. The van der Waals surface area contributed by atoms with Gasteiger partial charge in [0.1, 0.15) is 12.1 Å². The van der Waals surface area contributed by atoms with Gasteiger partial charge in [0.2, 0.25) is 11.6 Å². The molecule has 0 unspecified atom stereocenters. The van der Waals surface area contributed by atoms with Gasteiger partial charge >= 0.3 is 5.69 Å². The van der Waals surface area contributed by atoms with Crippen LogP contribution in [0, 0.1) is 10.1 Å². The third-order valence-corrected chi connectivity index (χ3v) is 4.22. The highest BCUT2D eigenvalue weighted by molar-refractivity contribution is 5.80. The smallest absolute Gasteiger partial charge is 0.355 e. The van der Waals surface area contributed by atoms with Gasteiger partial charge in [-0.25, -0.2) is 9.97 Å². The van der Waals surface area contributed by atoms with Gasteiger partial charge in [-0.05, 0) is 19.2 Å². The van der Waals surface area contributed by atoms with Gasteiger partial charge in [-0.15, -0.1) is 0 Å². The van der Waals surface area contributed by atoms with Crippen molar-refractivity contribution in [1.82, 2.24) is 20.3 Å². The molecule has 11 heteroatoms. The number of para-hydroxylation sites is 1. The Morgan fingerprint density at radius 2 is 1.93 bits per heavy atom. The molecule has 0 atom stereocenters. The molecule has 0 aliphatic carbocycles. The van der Waals surface area contributed by atoms with Crippen LogP contribution in [0.1, 0.15) is 0 Å². The summed E-state index contributed by atoms with van der Waals surface area (Å²) in [6.45, 7) is 2.53. The molecule has 148 valence electrons. The van der Waals surface area contributed by atoms with Crippen molar-refractivity contribution < 1.29 is 14.5 Å². The van der Waals surface area contributed by atoms with Crippen LogP contribution in [0.2, 0.25) is 0 Å². The molecule has 1 amide bonds. The minimum atomic E-state index is -0.553. The van der Waals surface area contributed by atoms with Gasteiger partial charge in [0.05, 0.1) is 4.92 Å². The average molecular weight is 387 g/mol. The summed E-state index contributed by atoms with van der Waals surface area (Å²) >= 11 is 0. The van der Waals surface area contributed by atoms with E-state index in [1.165, 1.54) is 6.33 Å². The molecule has 0 radical (unpaired) electrons. The fraction of sp³-hybridized carbons (Fsp3) is 0.353. The number of likely N-dealkylation sites (N-methyl/N-ethyl adjacent to an activating group) is 1. The summed E-state index contributed by atoms with van der Waals surface area (Å²) in [6, 6.07) is 8.85. The minimum absolute atomic E-state index is 0.0815. The molecule has 2 aromatic rings. The van der Waals surface area contributed by atoms with Crippen molar-refractivity contribution >= 4 is 23.2 Å². The zero-order valence-electron chi connectivity index (χ0n) is 15.4. The van der Waals surface area contributed by atoms with E-state index >= 15 is 0 Å². The van der Waals surface area contributed by atoms with Gasteiger partial charge in [-0.3, -0.25) is 25.8 Å². The standard InChI is InChI=1S/C17H21N7O4/c1-22-7-9-23(10-8-22)17-15(24(26)27)16(18-12-19-17)21-20-14(25)11-28-13-5-3-2-4-6-13/h2-6,12H,7-11H2,1H3,(H,20,25)(H,18,19,21). The zero-order chi connectivity index (χ0) is 19.9. The van der Waals surface area contributed by atoms with Crippen molar-refractivity contribution in [2.24, 2.45) is 0 Å². The molecule has 1 saturated heterocycles. The first-order valence-electron chi connectivity index (χ1n) is 8.70. The Labute approximate surface area is 161 Å². The highest BCUT2D eigenvalue weighted by atomic mass is 16.6. The molecule has 28 heavy (non-hydrogen) atoms. The summed E-state index contributed by atoms with van der Waals surface area (Å²) in [4.78, 5) is 35.0. The SMILES string of the molecule is CN1CCN(c2ncnc(NNC(=O)COc3ccccc3)c2[N+](=O)[O-])CC1. The fourth-order valence-corrected chi connectivity index (χ4v) is 2.71. The lowest BCUT2D eigenvalue weighted by molar-refractivity contribution is -0.383. The largest absolute Gasteiger partial charge is 0.484 e. The number of rotatable bonds is 7. The van der Waals surface area contributed by atoms with E-state index in [9.17, 15) is 14.9 Å². The number of nitrogens with one attached hydrogen (secondary N) is 2. The topological polar surface area (TPSA) is 126 Å². The van der Waals surface area contributed by atoms with E-state index in [-0.39, 0.29) is 23.9 Å². The van der Waals surface area contributed by atoms with Crippen molar-refractivity contribution in [3.05, 3.63) is 46.8 Å². The van der Waals surface area contributed by atoms with Gasteiger partial charge < -0.3 is 14.5 Å². The summed E-state index contributed by atoms with van der Waals surface area (Å²) < 4.78 is 5.33. The van der Waals surface area contributed by atoms with E-state index in [0.29, 0.717) is 18.8 Å². The first-order chi connectivity index (χ1) is 13.5. The molecule has 11 nitrogen and oxygen atoms in total. The predicted octanol–water partition coefficient (Wildman–Crippen LogP) is 0.659. The number of hydrazine groups is 1. The van der Waals surface area contributed by atoms with E-state index in [4.69, 9.17) is 4.74 Å². The molecule has 1 aliphatic heterocycles. The third kappa shape index (κ3) is 4.82. The number of carbonyl (C=O) groups excluding carboxylic acids is 1. The van der Waals surface area contributed by atoms with Crippen LogP contribution in [0.4, 0.5) is 17.3 Å². The Morgan fingerprint density at radius 1 is 1.21 bits per heavy atom. The normalized spacial score (nSPS) is 14.4. The van der Waals surface area contributed by atoms with Crippen LogP contribution in [-0.2, 0) is 4.79 Å². The van der Waals surface area contributed by atoms with Crippen molar-refractivity contribution in [1.29, 1.82) is 0 Å². The van der Waals surface area contributed by atoms with Crippen molar-refractivity contribution in [3.8, 4) is 5.75 Å². The Kier molecular flexibility index (Phi) is 6.17. The molecule has 1 aromatic carbocycles. The Morgan fingerprint density at radius 3 is 2.61 bits per heavy atom. The number of anilines is 2. The lowest BCUT2D eigenvalue weighted by Gasteiger charge is -2.32. The maximum absolute atomic E-state index is 12.0. The van der Waals surface area contributed by atoms with Gasteiger partial charge in [-0.1, -0.05) is 18.2 Å². The lowest BCUT2D eigenvalue weighted by atomic mass is 10.3. The predicted molar refractivity (Wildman–Crippen MR) is 102 cm³/mol. The molecule has 0 saturated carbocycles. The second-order valence-corrected chi connectivity index (χ2v) is 6.22. The number of aromatic nitrogens is 2. The molecule has 0 bridgehead atoms. The summed E-state index contributed by atoms with van der Waals surface area (Å²) in [7, 11) is 1.99. The maximum atomic E-state index is 12.0. The average Bonchev–Trinajstić information content (AvgIpc) is 2.71. The van der Waals surface area contributed by atoms with Gasteiger partial charge in [-0.2, -0.15) is 0 Å². The highest BCUT2D eigenvalue weighted by Crippen LogP contribution is 2.31. The molecular formula is C17H21N7O4. The zero-order valence-corrected chi connectivity index (χ0v) is 15.4. The maximum Gasteiger partial charge on any atom is 0.355 e. The first kappa shape index (κ1) is 19.3. The van der Waals surface area contributed by atoms with E-state index in [1.807, 2.05) is 18.0 Å². The van der Waals surface area contributed by atoms with Gasteiger partial charge in [0, 0.05) is 26.2 Å². The van der Waals surface area contributed by atoms with Crippen LogP contribution in [0.3, 0.4) is 0 Å². The van der Waals surface area contributed by atoms with E-state index in [0.717, 1.165) is 13.1 Å². The van der Waals surface area contributed by atoms with E-state index < -0.39 is 10.8 Å². The molecule has 1 fully saturated rings. The summed E-state index contributed by atoms with van der Waals surface area (Å²) in [5.74, 6) is 0.188. The number of hydrogen-bond acceptors (Lipinski definition) is 9. The van der Waals surface area contributed by atoms with Crippen LogP contribution in [0.15, 0.2) is 36.7 Å². The minimum Gasteiger partial charge on any atom is -0.484 e. The number of amides is 1. The van der Waals surface area contributed by atoms with Crippen molar-refractivity contribution in [2.75, 3.05) is 50.2 Å². The molecule has 0 spiro atoms. The van der Waals surface area contributed by atoms with Crippen LogP contribution in [0.5, 0.6) is 5.75 Å². The highest BCUT2D eigenvalue weighted by Gasteiger charge is 2.28. The van der Waals surface area contributed by atoms with Crippen LogP contribution >= 0.6 is 0 Å². The summed E-state index contributed by atoms with van der Waals surface area (Å²) in [6.07, 6.45) is 1.23. The summed E-state index contributed by atoms with van der Waals surface area (Å²) in [5.41, 5.74) is 4.59. The van der Waals surface area contributed by atoms with Crippen molar-refractivity contribution in [3.63, 3.8) is 0 Å². The number of carbonyl (C=O) groups is 1. The number of nitrogens with zero attached hydrogens (tertiary/aromatic N) is 5. The van der Waals surface area contributed by atoms with Crippen LogP contribution < -0.4 is 20.5 Å². The Balaban J connectivity index is 1.65. The number of hydrogen-bond donors (Lipinski definition) is 2. The lowest BCUT2D eigenvalue weighted by Crippen LogP contribution is -2.45. The van der Waals surface area contributed by atoms with Gasteiger partial charge in [0.15, 0.2) is 6.61 Å². The number of nitro groups is 1.